The fourth-order valence-electron chi connectivity index (χ4n) is 3.18. The molecule has 4 aromatic rings. The standard InChI is InChI=1S/C21H18N2OS/c1-14-5-4-7-16(11-14)22-21-23(17-9-10-17)18(13-25-21)20-12-15-6-2-3-8-19(15)24-20/h2-8,11-13,17H,9-10H2,1H3. The fraction of sp³-hybridized carbons (Fsp3) is 0.190. The number of nitrogens with zero attached hydrogens (tertiary/aromatic N) is 2. The summed E-state index contributed by atoms with van der Waals surface area (Å²) >= 11 is 1.69. The summed E-state index contributed by atoms with van der Waals surface area (Å²) in [5.74, 6) is 0.926. The Morgan fingerprint density at radius 1 is 1.08 bits per heavy atom. The van der Waals surface area contributed by atoms with Gasteiger partial charge in [-0.2, -0.15) is 0 Å². The molecule has 0 bridgehead atoms. The van der Waals surface area contributed by atoms with Crippen LogP contribution in [0.15, 0.2) is 69.4 Å². The number of rotatable bonds is 3. The molecule has 1 aliphatic carbocycles. The zero-order valence-electron chi connectivity index (χ0n) is 14.0. The van der Waals surface area contributed by atoms with E-state index in [1.54, 1.807) is 11.3 Å². The Labute approximate surface area is 149 Å². The minimum atomic E-state index is 0.540. The van der Waals surface area contributed by atoms with Crippen LogP contribution in [0.1, 0.15) is 24.4 Å². The first-order valence-corrected chi connectivity index (χ1v) is 9.46. The van der Waals surface area contributed by atoms with Gasteiger partial charge in [0, 0.05) is 16.8 Å². The molecule has 4 heteroatoms. The molecule has 1 fully saturated rings. The van der Waals surface area contributed by atoms with E-state index in [-0.39, 0.29) is 0 Å². The van der Waals surface area contributed by atoms with Crippen molar-refractivity contribution >= 4 is 28.0 Å². The van der Waals surface area contributed by atoms with E-state index < -0.39 is 0 Å². The molecule has 3 nitrogen and oxygen atoms in total. The van der Waals surface area contributed by atoms with E-state index in [0.29, 0.717) is 6.04 Å². The Morgan fingerprint density at radius 2 is 1.96 bits per heavy atom. The highest BCUT2D eigenvalue weighted by molar-refractivity contribution is 7.07. The molecule has 1 saturated carbocycles. The Balaban J connectivity index is 1.67. The number of thiazole rings is 1. The van der Waals surface area contributed by atoms with Crippen molar-refractivity contribution in [3.8, 4) is 11.5 Å². The zero-order chi connectivity index (χ0) is 16.8. The topological polar surface area (TPSA) is 30.4 Å². The van der Waals surface area contributed by atoms with Crippen molar-refractivity contribution in [3.63, 3.8) is 0 Å². The normalized spacial score (nSPS) is 15.2. The van der Waals surface area contributed by atoms with E-state index in [2.05, 4.69) is 53.3 Å². The van der Waals surface area contributed by atoms with Gasteiger partial charge in [0.1, 0.15) is 5.58 Å². The molecule has 0 aliphatic heterocycles. The van der Waals surface area contributed by atoms with Gasteiger partial charge in [-0.15, -0.1) is 11.3 Å². The minimum absolute atomic E-state index is 0.540. The Morgan fingerprint density at radius 3 is 2.76 bits per heavy atom. The van der Waals surface area contributed by atoms with Gasteiger partial charge in [-0.1, -0.05) is 30.3 Å². The van der Waals surface area contributed by atoms with Crippen molar-refractivity contribution in [2.24, 2.45) is 4.99 Å². The lowest BCUT2D eigenvalue weighted by molar-refractivity contribution is 0.613. The van der Waals surface area contributed by atoms with Crippen molar-refractivity contribution in [3.05, 3.63) is 70.3 Å². The number of aryl methyl sites for hydroxylation is 1. The average molecular weight is 346 g/mol. The third kappa shape index (κ3) is 2.72. The van der Waals surface area contributed by atoms with Gasteiger partial charge in [-0.25, -0.2) is 4.99 Å². The maximum Gasteiger partial charge on any atom is 0.190 e. The Hall–Kier alpha value is -2.59. The third-order valence-electron chi connectivity index (χ3n) is 4.56. The van der Waals surface area contributed by atoms with E-state index in [1.807, 2.05) is 18.2 Å². The number of hydrogen-bond donors (Lipinski definition) is 0. The Kier molecular flexibility index (Phi) is 3.38. The van der Waals surface area contributed by atoms with Gasteiger partial charge in [0.25, 0.3) is 0 Å². The van der Waals surface area contributed by atoms with Gasteiger partial charge in [-0.3, -0.25) is 0 Å². The van der Waals surface area contributed by atoms with E-state index >= 15 is 0 Å². The predicted molar refractivity (Wildman–Crippen MR) is 102 cm³/mol. The summed E-state index contributed by atoms with van der Waals surface area (Å²) in [6.07, 6.45) is 2.43. The molecule has 124 valence electrons. The van der Waals surface area contributed by atoms with Crippen LogP contribution in [-0.2, 0) is 0 Å². The molecule has 5 rings (SSSR count). The second-order valence-corrected chi connectivity index (χ2v) is 7.44. The molecule has 0 amide bonds. The van der Waals surface area contributed by atoms with E-state index in [4.69, 9.17) is 9.41 Å². The highest BCUT2D eigenvalue weighted by Crippen LogP contribution is 2.39. The molecule has 0 atom stereocenters. The monoisotopic (exact) mass is 346 g/mol. The fourth-order valence-corrected chi connectivity index (χ4v) is 4.15. The summed E-state index contributed by atoms with van der Waals surface area (Å²) < 4.78 is 8.45. The summed E-state index contributed by atoms with van der Waals surface area (Å²) in [6.45, 7) is 2.10. The third-order valence-corrected chi connectivity index (χ3v) is 5.40. The molecule has 2 aromatic heterocycles. The van der Waals surface area contributed by atoms with Crippen molar-refractivity contribution < 1.29 is 4.42 Å². The van der Waals surface area contributed by atoms with Crippen molar-refractivity contribution in [1.82, 2.24) is 4.57 Å². The lowest BCUT2D eigenvalue weighted by Gasteiger charge is -2.05. The molecule has 25 heavy (non-hydrogen) atoms. The van der Waals surface area contributed by atoms with Crippen LogP contribution in [0.4, 0.5) is 5.69 Å². The van der Waals surface area contributed by atoms with E-state index in [1.165, 1.54) is 18.4 Å². The number of aromatic nitrogens is 1. The predicted octanol–water partition coefficient (Wildman–Crippen LogP) is 5.84. The lowest BCUT2D eigenvalue weighted by Crippen LogP contribution is -2.14. The van der Waals surface area contributed by atoms with Gasteiger partial charge in [-0.05, 0) is 49.6 Å². The summed E-state index contributed by atoms with van der Waals surface area (Å²) in [6, 6.07) is 19.2. The highest BCUT2D eigenvalue weighted by atomic mass is 32.1. The van der Waals surface area contributed by atoms with Gasteiger partial charge in [0.15, 0.2) is 10.6 Å². The molecule has 0 spiro atoms. The molecule has 0 saturated heterocycles. The van der Waals surface area contributed by atoms with Gasteiger partial charge >= 0.3 is 0 Å². The second-order valence-electron chi connectivity index (χ2n) is 6.60. The van der Waals surface area contributed by atoms with Crippen LogP contribution in [0.2, 0.25) is 0 Å². The summed E-state index contributed by atoms with van der Waals surface area (Å²) in [7, 11) is 0. The first-order valence-electron chi connectivity index (χ1n) is 8.58. The smallest absolute Gasteiger partial charge is 0.190 e. The van der Waals surface area contributed by atoms with Crippen molar-refractivity contribution in [2.45, 2.75) is 25.8 Å². The van der Waals surface area contributed by atoms with Crippen molar-refractivity contribution in [2.75, 3.05) is 0 Å². The van der Waals surface area contributed by atoms with Crippen LogP contribution in [0, 0.1) is 6.92 Å². The van der Waals surface area contributed by atoms with E-state index in [9.17, 15) is 0 Å². The minimum Gasteiger partial charge on any atom is -0.454 e. The van der Waals surface area contributed by atoms with Gasteiger partial charge in [0.05, 0.1) is 11.4 Å². The Bertz CT molecular complexity index is 1090. The SMILES string of the molecule is Cc1cccc(N=c2scc(-c3cc4ccccc4o3)n2C2CC2)c1. The van der Waals surface area contributed by atoms with Crippen molar-refractivity contribution in [1.29, 1.82) is 0 Å². The quantitative estimate of drug-likeness (QED) is 0.458. The number of hydrogen-bond acceptors (Lipinski definition) is 3. The zero-order valence-corrected chi connectivity index (χ0v) is 14.8. The number of benzene rings is 2. The van der Waals surface area contributed by atoms with Crippen LogP contribution < -0.4 is 4.80 Å². The van der Waals surface area contributed by atoms with Crippen LogP contribution >= 0.6 is 11.3 Å². The van der Waals surface area contributed by atoms with Crippen LogP contribution in [0.5, 0.6) is 0 Å². The second kappa shape index (κ2) is 5.74. The molecule has 0 radical (unpaired) electrons. The molecule has 2 aromatic carbocycles. The molecule has 2 heterocycles. The highest BCUT2D eigenvalue weighted by Gasteiger charge is 2.28. The summed E-state index contributed by atoms with van der Waals surface area (Å²) in [5.41, 5.74) is 4.30. The lowest BCUT2D eigenvalue weighted by atomic mass is 10.2. The summed E-state index contributed by atoms with van der Waals surface area (Å²) in [4.78, 5) is 5.95. The van der Waals surface area contributed by atoms with Crippen LogP contribution in [0.25, 0.3) is 22.4 Å². The van der Waals surface area contributed by atoms with E-state index in [0.717, 1.165) is 32.9 Å². The van der Waals surface area contributed by atoms with Gasteiger partial charge in [0.2, 0.25) is 0 Å². The summed E-state index contributed by atoms with van der Waals surface area (Å²) in [5, 5.41) is 3.31. The molecule has 0 unspecified atom stereocenters. The molecular weight excluding hydrogens is 328 g/mol. The van der Waals surface area contributed by atoms with Crippen LogP contribution in [-0.4, -0.2) is 4.57 Å². The number of furan rings is 1. The maximum atomic E-state index is 6.10. The first-order chi connectivity index (χ1) is 12.3. The largest absolute Gasteiger partial charge is 0.454 e. The number of para-hydroxylation sites is 1. The van der Waals surface area contributed by atoms with Crippen LogP contribution in [0.3, 0.4) is 0 Å². The maximum absolute atomic E-state index is 6.10. The first kappa shape index (κ1) is 14.7. The average Bonchev–Trinajstić information content (AvgIpc) is 3.22. The number of fused-ring (bicyclic) bond motifs is 1. The molecular formula is C21H18N2OS. The molecule has 0 N–H and O–H groups in total. The van der Waals surface area contributed by atoms with Gasteiger partial charge < -0.3 is 8.98 Å². The molecule has 1 aliphatic rings.